The first-order valence-electron chi connectivity index (χ1n) is 5.88. The molecule has 1 aromatic carbocycles. The summed E-state index contributed by atoms with van der Waals surface area (Å²) in [5, 5.41) is 0. The molecule has 82 valence electrons. The van der Waals surface area contributed by atoms with Crippen molar-refractivity contribution < 1.29 is 0 Å². The smallest absolute Gasteiger partial charge is 0.0233 e. The fourth-order valence-electron chi connectivity index (χ4n) is 2.51. The molecule has 15 heavy (non-hydrogen) atoms. The van der Waals surface area contributed by atoms with Crippen molar-refractivity contribution in [2.75, 3.05) is 13.6 Å². The molecule has 0 fully saturated rings. The van der Waals surface area contributed by atoms with Crippen LogP contribution >= 0.6 is 0 Å². The third kappa shape index (κ3) is 2.07. The molecule has 0 bridgehead atoms. The molecule has 1 heteroatoms. The van der Waals surface area contributed by atoms with Crippen molar-refractivity contribution in [1.29, 1.82) is 0 Å². The summed E-state index contributed by atoms with van der Waals surface area (Å²) in [4.78, 5) is 2.40. The van der Waals surface area contributed by atoms with Gasteiger partial charge in [-0.25, -0.2) is 0 Å². The van der Waals surface area contributed by atoms with Crippen molar-refractivity contribution in [3.63, 3.8) is 0 Å². The first kappa shape index (κ1) is 10.7. The summed E-state index contributed by atoms with van der Waals surface area (Å²) in [5.74, 6) is 0.648. The SMILES string of the molecule is Cc1cc2c(cc1C(C)C)CCN(C)C2. The third-order valence-corrected chi connectivity index (χ3v) is 3.41. The van der Waals surface area contributed by atoms with Gasteiger partial charge in [0.05, 0.1) is 0 Å². The lowest BCUT2D eigenvalue weighted by Gasteiger charge is -2.26. The van der Waals surface area contributed by atoms with E-state index in [1.165, 1.54) is 29.7 Å². The molecule has 0 aromatic heterocycles. The summed E-state index contributed by atoms with van der Waals surface area (Å²) in [6.45, 7) is 9.12. The van der Waals surface area contributed by atoms with Crippen LogP contribution in [0.2, 0.25) is 0 Å². The van der Waals surface area contributed by atoms with Crippen LogP contribution in [0.15, 0.2) is 12.1 Å². The highest BCUT2D eigenvalue weighted by Crippen LogP contribution is 2.26. The number of hydrogen-bond donors (Lipinski definition) is 0. The van der Waals surface area contributed by atoms with Crippen molar-refractivity contribution >= 4 is 0 Å². The molecule has 1 aliphatic rings. The predicted octanol–water partition coefficient (Wildman–Crippen LogP) is 3.11. The lowest BCUT2D eigenvalue weighted by molar-refractivity contribution is 0.312. The lowest BCUT2D eigenvalue weighted by atomic mass is 9.90. The van der Waals surface area contributed by atoms with Crippen molar-refractivity contribution in [1.82, 2.24) is 4.90 Å². The summed E-state index contributed by atoms with van der Waals surface area (Å²) in [6, 6.07) is 4.82. The Hall–Kier alpha value is -0.820. The van der Waals surface area contributed by atoms with E-state index in [2.05, 4.69) is 44.9 Å². The molecule has 2 rings (SSSR count). The molecule has 0 aliphatic carbocycles. The third-order valence-electron chi connectivity index (χ3n) is 3.41. The standard InChI is InChI=1S/C14H21N/c1-10(2)14-8-12-5-6-15(4)9-13(12)7-11(14)3/h7-8,10H,5-6,9H2,1-4H3. The zero-order chi connectivity index (χ0) is 11.0. The Morgan fingerprint density at radius 3 is 2.60 bits per heavy atom. The zero-order valence-electron chi connectivity index (χ0n) is 10.3. The second-order valence-corrected chi connectivity index (χ2v) is 5.12. The molecule has 1 heterocycles. The van der Waals surface area contributed by atoms with Gasteiger partial charge in [-0.2, -0.15) is 0 Å². The van der Waals surface area contributed by atoms with Crippen LogP contribution in [0.25, 0.3) is 0 Å². The molecule has 0 saturated heterocycles. The van der Waals surface area contributed by atoms with Gasteiger partial charge in [0.2, 0.25) is 0 Å². The van der Waals surface area contributed by atoms with Crippen molar-refractivity contribution in [3.05, 3.63) is 34.4 Å². The Kier molecular flexibility index (Phi) is 2.83. The molecular weight excluding hydrogens is 182 g/mol. The molecule has 0 unspecified atom stereocenters. The molecule has 0 spiro atoms. The van der Waals surface area contributed by atoms with Gasteiger partial charge in [0, 0.05) is 13.1 Å². The van der Waals surface area contributed by atoms with E-state index in [0.717, 1.165) is 6.54 Å². The fraction of sp³-hybridized carbons (Fsp3) is 0.571. The van der Waals surface area contributed by atoms with E-state index in [1.807, 2.05) is 0 Å². The van der Waals surface area contributed by atoms with Gasteiger partial charge in [0.1, 0.15) is 0 Å². The van der Waals surface area contributed by atoms with E-state index in [1.54, 1.807) is 5.56 Å². The molecule has 0 radical (unpaired) electrons. The number of hydrogen-bond acceptors (Lipinski definition) is 1. The second-order valence-electron chi connectivity index (χ2n) is 5.12. The highest BCUT2D eigenvalue weighted by Gasteiger charge is 2.15. The molecule has 0 atom stereocenters. The van der Waals surface area contributed by atoms with Gasteiger partial charge in [-0.05, 0) is 48.6 Å². The number of nitrogens with zero attached hydrogens (tertiary/aromatic N) is 1. The number of aryl methyl sites for hydroxylation is 1. The van der Waals surface area contributed by atoms with E-state index < -0.39 is 0 Å². The van der Waals surface area contributed by atoms with Crippen LogP contribution in [-0.4, -0.2) is 18.5 Å². The summed E-state index contributed by atoms with van der Waals surface area (Å²) in [6.07, 6.45) is 1.21. The van der Waals surface area contributed by atoms with Gasteiger partial charge in [0.15, 0.2) is 0 Å². The zero-order valence-corrected chi connectivity index (χ0v) is 10.3. The van der Waals surface area contributed by atoms with Gasteiger partial charge in [-0.1, -0.05) is 26.0 Å². The number of rotatable bonds is 1. The quantitative estimate of drug-likeness (QED) is 0.678. The fourth-order valence-corrected chi connectivity index (χ4v) is 2.51. The van der Waals surface area contributed by atoms with E-state index in [4.69, 9.17) is 0 Å². The lowest BCUT2D eigenvalue weighted by Crippen LogP contribution is -2.26. The van der Waals surface area contributed by atoms with Crippen LogP contribution in [0.5, 0.6) is 0 Å². The van der Waals surface area contributed by atoms with Crippen LogP contribution in [-0.2, 0) is 13.0 Å². The number of benzene rings is 1. The van der Waals surface area contributed by atoms with E-state index in [-0.39, 0.29) is 0 Å². The van der Waals surface area contributed by atoms with Crippen LogP contribution in [0, 0.1) is 6.92 Å². The van der Waals surface area contributed by atoms with Crippen molar-refractivity contribution in [2.45, 2.75) is 39.7 Å². The predicted molar refractivity (Wildman–Crippen MR) is 65.3 cm³/mol. The Morgan fingerprint density at radius 2 is 1.93 bits per heavy atom. The first-order chi connectivity index (χ1) is 7.08. The van der Waals surface area contributed by atoms with E-state index in [9.17, 15) is 0 Å². The average Bonchev–Trinajstić information content (AvgIpc) is 2.15. The van der Waals surface area contributed by atoms with E-state index in [0.29, 0.717) is 5.92 Å². The average molecular weight is 203 g/mol. The highest BCUT2D eigenvalue weighted by atomic mass is 15.1. The summed E-state index contributed by atoms with van der Waals surface area (Å²) < 4.78 is 0. The van der Waals surface area contributed by atoms with Crippen LogP contribution in [0.3, 0.4) is 0 Å². The Balaban J connectivity index is 2.42. The van der Waals surface area contributed by atoms with Crippen LogP contribution < -0.4 is 0 Å². The molecule has 1 aromatic rings. The Bertz CT molecular complexity index is 366. The molecule has 0 amide bonds. The minimum Gasteiger partial charge on any atom is -0.302 e. The normalized spacial score (nSPS) is 16.9. The van der Waals surface area contributed by atoms with Crippen LogP contribution in [0.4, 0.5) is 0 Å². The maximum Gasteiger partial charge on any atom is 0.0233 e. The highest BCUT2D eigenvalue weighted by molar-refractivity contribution is 5.40. The Labute approximate surface area is 93.1 Å². The summed E-state index contributed by atoms with van der Waals surface area (Å²) >= 11 is 0. The maximum atomic E-state index is 2.43. The largest absolute Gasteiger partial charge is 0.302 e. The molecular formula is C14H21N. The maximum absolute atomic E-state index is 2.43. The second kappa shape index (κ2) is 3.97. The first-order valence-corrected chi connectivity index (χ1v) is 5.88. The topological polar surface area (TPSA) is 3.24 Å². The minimum atomic E-state index is 0.648. The molecule has 1 aliphatic heterocycles. The van der Waals surface area contributed by atoms with Gasteiger partial charge in [0.25, 0.3) is 0 Å². The van der Waals surface area contributed by atoms with Gasteiger partial charge >= 0.3 is 0 Å². The van der Waals surface area contributed by atoms with Crippen molar-refractivity contribution in [2.24, 2.45) is 0 Å². The summed E-state index contributed by atoms with van der Waals surface area (Å²) in [5.41, 5.74) is 6.09. The van der Waals surface area contributed by atoms with Gasteiger partial charge in [-0.3, -0.25) is 0 Å². The van der Waals surface area contributed by atoms with E-state index >= 15 is 0 Å². The Morgan fingerprint density at radius 1 is 1.20 bits per heavy atom. The number of likely N-dealkylation sites (N-methyl/N-ethyl adjacent to an activating group) is 1. The molecule has 1 nitrogen and oxygen atoms in total. The van der Waals surface area contributed by atoms with Gasteiger partial charge < -0.3 is 4.90 Å². The minimum absolute atomic E-state index is 0.648. The van der Waals surface area contributed by atoms with Crippen LogP contribution in [0.1, 0.15) is 42.0 Å². The molecule has 0 N–H and O–H groups in total. The molecule has 0 saturated carbocycles. The van der Waals surface area contributed by atoms with Crippen molar-refractivity contribution in [3.8, 4) is 0 Å². The number of fused-ring (bicyclic) bond motifs is 1. The summed E-state index contributed by atoms with van der Waals surface area (Å²) in [7, 11) is 2.20. The monoisotopic (exact) mass is 203 g/mol. The van der Waals surface area contributed by atoms with Gasteiger partial charge in [-0.15, -0.1) is 0 Å².